The van der Waals surface area contributed by atoms with Gasteiger partial charge in [0.15, 0.2) is 0 Å². The summed E-state index contributed by atoms with van der Waals surface area (Å²) in [6.45, 7) is 8.05. The summed E-state index contributed by atoms with van der Waals surface area (Å²) >= 11 is 1.32. The van der Waals surface area contributed by atoms with Crippen LogP contribution in [0.15, 0.2) is 41.0 Å². The Morgan fingerprint density at radius 3 is 2.60 bits per heavy atom. The Bertz CT molecular complexity index is 1420. The number of hydrogen-bond donors (Lipinski definition) is 1. The molecule has 0 aliphatic carbocycles. The van der Waals surface area contributed by atoms with Crippen molar-refractivity contribution in [2.45, 2.75) is 27.7 Å². The van der Waals surface area contributed by atoms with E-state index in [1.54, 1.807) is 20.5 Å². The zero-order chi connectivity index (χ0) is 25.1. The van der Waals surface area contributed by atoms with Crippen LogP contribution in [0.3, 0.4) is 0 Å². The zero-order valence-electron chi connectivity index (χ0n) is 20.5. The summed E-state index contributed by atoms with van der Waals surface area (Å²) in [6, 6.07) is 7.60. The third-order valence-electron chi connectivity index (χ3n) is 5.56. The average Bonchev–Trinajstić information content (AvgIpc) is 3.46. The van der Waals surface area contributed by atoms with Crippen molar-refractivity contribution in [2.75, 3.05) is 26.1 Å². The van der Waals surface area contributed by atoms with Crippen LogP contribution >= 0.6 is 11.3 Å². The minimum Gasteiger partial charge on any atom is -0.497 e. The van der Waals surface area contributed by atoms with Crippen molar-refractivity contribution in [3.63, 3.8) is 0 Å². The Morgan fingerprint density at radius 1 is 1.14 bits per heavy atom. The van der Waals surface area contributed by atoms with Gasteiger partial charge in [-0.1, -0.05) is 11.3 Å². The second kappa shape index (κ2) is 10.2. The molecular weight excluding hydrogens is 466 g/mol. The molecule has 0 aliphatic rings. The molecule has 9 heteroatoms. The summed E-state index contributed by atoms with van der Waals surface area (Å²) in [5, 5.41) is 12.8. The Morgan fingerprint density at radius 2 is 1.94 bits per heavy atom. The van der Waals surface area contributed by atoms with Gasteiger partial charge in [0.25, 0.3) is 0 Å². The van der Waals surface area contributed by atoms with Gasteiger partial charge < -0.3 is 18.6 Å². The summed E-state index contributed by atoms with van der Waals surface area (Å²) in [7, 11) is 3.25. The standard InChI is InChI=1S/C26H27N3O5S/c1-7-33-24-15(3)25-20(21(13-34-25)19-11-17(31-5)8-9-22(19)32-6)12-18(24)14(2)10-23(30)27-26-29-28-16(4)35-26/h8-13H,7H2,1-6H3,(H,27,29,30)/b14-10+. The number of benzene rings is 2. The van der Waals surface area contributed by atoms with Gasteiger partial charge in [-0.25, -0.2) is 0 Å². The minimum atomic E-state index is -0.291. The number of rotatable bonds is 8. The van der Waals surface area contributed by atoms with Crippen LogP contribution in [0.2, 0.25) is 0 Å². The number of fused-ring (bicyclic) bond motifs is 1. The number of anilines is 1. The van der Waals surface area contributed by atoms with Crippen LogP contribution in [0.4, 0.5) is 5.13 Å². The number of methoxy groups -OCH3 is 2. The summed E-state index contributed by atoms with van der Waals surface area (Å²) in [5.74, 6) is 1.78. The average molecular weight is 494 g/mol. The number of nitrogens with zero attached hydrogens (tertiary/aromatic N) is 2. The molecule has 4 aromatic rings. The fourth-order valence-corrected chi connectivity index (χ4v) is 4.53. The molecule has 2 heterocycles. The molecule has 8 nitrogen and oxygen atoms in total. The van der Waals surface area contributed by atoms with E-state index in [0.717, 1.165) is 38.2 Å². The summed E-state index contributed by atoms with van der Waals surface area (Å²) in [5.41, 5.74) is 4.78. The highest BCUT2D eigenvalue weighted by Gasteiger charge is 2.21. The van der Waals surface area contributed by atoms with E-state index in [1.165, 1.54) is 17.4 Å². The second-order valence-electron chi connectivity index (χ2n) is 7.85. The van der Waals surface area contributed by atoms with Crippen LogP contribution in [-0.4, -0.2) is 36.9 Å². The van der Waals surface area contributed by atoms with Gasteiger partial charge in [-0.15, -0.1) is 10.2 Å². The van der Waals surface area contributed by atoms with E-state index >= 15 is 0 Å². The molecule has 4 rings (SSSR count). The monoisotopic (exact) mass is 493 g/mol. The highest BCUT2D eigenvalue weighted by Crippen LogP contribution is 2.43. The Balaban J connectivity index is 1.84. The van der Waals surface area contributed by atoms with Crippen molar-refractivity contribution in [1.82, 2.24) is 10.2 Å². The molecule has 1 amide bonds. The summed E-state index contributed by atoms with van der Waals surface area (Å²) in [4.78, 5) is 12.7. The highest BCUT2D eigenvalue weighted by molar-refractivity contribution is 7.15. The Hall–Kier alpha value is -3.85. The van der Waals surface area contributed by atoms with Crippen LogP contribution in [0, 0.1) is 13.8 Å². The molecule has 0 radical (unpaired) electrons. The van der Waals surface area contributed by atoms with E-state index in [-0.39, 0.29) is 5.91 Å². The summed E-state index contributed by atoms with van der Waals surface area (Å²) in [6.07, 6.45) is 3.24. The van der Waals surface area contributed by atoms with Crippen molar-refractivity contribution in [2.24, 2.45) is 0 Å². The molecule has 0 spiro atoms. The van der Waals surface area contributed by atoms with Gasteiger partial charge in [0, 0.05) is 33.7 Å². The van der Waals surface area contributed by atoms with Crippen molar-refractivity contribution in [3.05, 3.63) is 52.7 Å². The van der Waals surface area contributed by atoms with E-state index in [1.807, 2.05) is 52.0 Å². The van der Waals surface area contributed by atoms with Crippen molar-refractivity contribution in [1.29, 1.82) is 0 Å². The smallest absolute Gasteiger partial charge is 0.250 e. The number of hydrogen-bond acceptors (Lipinski definition) is 8. The molecule has 0 aliphatic heterocycles. The first-order valence-corrected chi connectivity index (χ1v) is 11.9. The molecule has 2 aromatic carbocycles. The third kappa shape index (κ3) is 4.85. The maximum absolute atomic E-state index is 12.7. The maximum atomic E-state index is 12.7. The lowest BCUT2D eigenvalue weighted by Gasteiger charge is -2.15. The molecule has 0 saturated heterocycles. The Labute approximate surface area is 207 Å². The molecule has 0 atom stereocenters. The molecule has 0 fully saturated rings. The van der Waals surface area contributed by atoms with Gasteiger partial charge in [0.2, 0.25) is 11.0 Å². The number of ether oxygens (including phenoxy) is 3. The first-order valence-electron chi connectivity index (χ1n) is 11.1. The number of aryl methyl sites for hydroxylation is 2. The lowest BCUT2D eigenvalue weighted by atomic mass is 9.96. The highest BCUT2D eigenvalue weighted by atomic mass is 32.1. The fraction of sp³-hybridized carbons (Fsp3) is 0.269. The molecule has 2 aromatic heterocycles. The number of carbonyl (C=O) groups is 1. The number of allylic oxidation sites excluding steroid dienone is 1. The number of amides is 1. The number of carbonyl (C=O) groups excluding carboxylic acids is 1. The molecule has 182 valence electrons. The predicted molar refractivity (Wildman–Crippen MR) is 138 cm³/mol. The Kier molecular flexibility index (Phi) is 7.07. The lowest BCUT2D eigenvalue weighted by Crippen LogP contribution is -2.08. The second-order valence-corrected chi connectivity index (χ2v) is 9.03. The first-order chi connectivity index (χ1) is 16.9. The fourth-order valence-electron chi connectivity index (χ4n) is 3.94. The largest absolute Gasteiger partial charge is 0.497 e. The van der Waals surface area contributed by atoms with Crippen LogP contribution in [0.1, 0.15) is 30.0 Å². The van der Waals surface area contributed by atoms with E-state index in [9.17, 15) is 4.79 Å². The number of aromatic nitrogens is 2. The first kappa shape index (κ1) is 24.3. The molecule has 0 saturated carbocycles. The normalized spacial score (nSPS) is 11.5. The SMILES string of the molecule is CCOc1c(/C(C)=C/C(=O)Nc2nnc(C)s2)cc2c(-c3cc(OC)ccc3OC)coc2c1C. The number of furan rings is 1. The van der Waals surface area contributed by atoms with Crippen LogP contribution in [-0.2, 0) is 4.79 Å². The van der Waals surface area contributed by atoms with Gasteiger partial charge in [-0.05, 0) is 57.5 Å². The van der Waals surface area contributed by atoms with E-state index in [0.29, 0.717) is 34.6 Å². The third-order valence-corrected chi connectivity index (χ3v) is 6.31. The lowest BCUT2D eigenvalue weighted by molar-refractivity contribution is -0.111. The topological polar surface area (TPSA) is 95.7 Å². The zero-order valence-corrected chi connectivity index (χ0v) is 21.3. The van der Waals surface area contributed by atoms with Crippen LogP contribution < -0.4 is 19.5 Å². The molecule has 1 N–H and O–H groups in total. The molecular formula is C26H27N3O5S. The van der Waals surface area contributed by atoms with E-state index in [4.69, 9.17) is 18.6 Å². The van der Waals surface area contributed by atoms with E-state index < -0.39 is 0 Å². The molecule has 0 unspecified atom stereocenters. The van der Waals surface area contributed by atoms with Crippen molar-refractivity contribution >= 4 is 38.9 Å². The molecule has 0 bridgehead atoms. The summed E-state index contributed by atoms with van der Waals surface area (Å²) < 4.78 is 23.0. The van der Waals surface area contributed by atoms with Crippen molar-refractivity contribution in [3.8, 4) is 28.4 Å². The van der Waals surface area contributed by atoms with Crippen LogP contribution in [0.5, 0.6) is 17.2 Å². The van der Waals surface area contributed by atoms with Gasteiger partial charge in [-0.2, -0.15) is 0 Å². The number of nitrogens with one attached hydrogen (secondary N) is 1. The van der Waals surface area contributed by atoms with E-state index in [2.05, 4.69) is 15.5 Å². The van der Waals surface area contributed by atoms with Gasteiger partial charge in [0.05, 0.1) is 27.1 Å². The van der Waals surface area contributed by atoms with Crippen LogP contribution in [0.25, 0.3) is 27.7 Å². The predicted octanol–water partition coefficient (Wildman–Crippen LogP) is 6.03. The molecule has 35 heavy (non-hydrogen) atoms. The van der Waals surface area contributed by atoms with Gasteiger partial charge in [0.1, 0.15) is 27.8 Å². The quantitative estimate of drug-likeness (QED) is 0.300. The van der Waals surface area contributed by atoms with Gasteiger partial charge >= 0.3 is 0 Å². The maximum Gasteiger partial charge on any atom is 0.250 e. The van der Waals surface area contributed by atoms with Crippen molar-refractivity contribution < 1.29 is 23.4 Å². The minimum absolute atomic E-state index is 0.291. The van der Waals surface area contributed by atoms with Gasteiger partial charge in [-0.3, -0.25) is 10.1 Å².